The molecule has 11 nitrogen and oxygen atoms in total. The number of carbonyl (C=O) groups is 2. The van der Waals surface area contributed by atoms with Gasteiger partial charge in [-0.1, -0.05) is 35.7 Å². The van der Waals surface area contributed by atoms with Crippen molar-refractivity contribution < 1.29 is 29.0 Å². The number of carbonyl (C=O) groups excluding carboxylic acids is 2. The lowest BCUT2D eigenvalue weighted by Gasteiger charge is -2.52. The molecule has 2 aliphatic carbocycles. The van der Waals surface area contributed by atoms with Crippen LogP contribution in [-0.4, -0.2) is 87.9 Å². The Morgan fingerprint density at radius 3 is 2.57 bits per heavy atom. The van der Waals surface area contributed by atoms with Gasteiger partial charge in [0.25, 0.3) is 0 Å². The molecule has 4 aliphatic rings. The molecule has 2 spiro atoms. The third-order valence-electron chi connectivity index (χ3n) is 8.93. The van der Waals surface area contributed by atoms with Crippen LogP contribution >= 0.6 is 11.6 Å². The SMILES string of the molecule is C=C[C@H]1CN(C(=O)OC(C)(C)C)CCCN1c1cc(Cl)nc(/C(=N/O)C2CCC[C@@]3(CCCCC34OCCO4)C2=O)n1. The topological polar surface area (TPSA) is 127 Å². The standard InChI is InChI=1S/C30H42ClN5O6/c1-5-20-19-35(27(38)42-28(2,3)4)14-9-15-36(20)23-18-22(31)32-26(33-23)24(34-39)21-10-8-12-29(25(21)37)11-6-7-13-30(29)40-16-17-41-30/h5,18,20-21,39H,1,6-17,19H2,2-4H3/b34-24+/t20-,21?,29-/m0/s1. The van der Waals surface area contributed by atoms with E-state index < -0.39 is 22.7 Å². The fourth-order valence-corrected chi connectivity index (χ4v) is 7.28. The third kappa shape index (κ3) is 5.75. The monoisotopic (exact) mass is 603 g/mol. The van der Waals surface area contributed by atoms with Crippen molar-refractivity contribution >= 4 is 35.0 Å². The summed E-state index contributed by atoms with van der Waals surface area (Å²) < 4.78 is 17.9. The van der Waals surface area contributed by atoms with Crippen LogP contribution in [0.15, 0.2) is 23.9 Å². The number of ether oxygens (including phenoxy) is 3. The van der Waals surface area contributed by atoms with Crippen LogP contribution in [0.2, 0.25) is 5.15 Å². The molecule has 12 heteroatoms. The zero-order chi connectivity index (χ0) is 30.1. The smallest absolute Gasteiger partial charge is 0.410 e. The van der Waals surface area contributed by atoms with E-state index in [2.05, 4.69) is 16.7 Å². The summed E-state index contributed by atoms with van der Waals surface area (Å²) >= 11 is 6.52. The highest BCUT2D eigenvalue weighted by Crippen LogP contribution is 2.56. The Hall–Kier alpha value is -2.76. The molecular formula is C30H42ClN5O6. The molecule has 230 valence electrons. The van der Waals surface area contributed by atoms with Gasteiger partial charge in [-0.3, -0.25) is 4.79 Å². The molecule has 0 bridgehead atoms. The number of halogens is 1. The Morgan fingerprint density at radius 2 is 1.88 bits per heavy atom. The summed E-state index contributed by atoms with van der Waals surface area (Å²) in [4.78, 5) is 40.0. The van der Waals surface area contributed by atoms with Crippen LogP contribution in [0.3, 0.4) is 0 Å². The molecule has 42 heavy (non-hydrogen) atoms. The minimum Gasteiger partial charge on any atom is -0.444 e. The van der Waals surface area contributed by atoms with E-state index in [0.717, 1.165) is 19.3 Å². The van der Waals surface area contributed by atoms with E-state index >= 15 is 0 Å². The number of ketones is 1. The highest BCUT2D eigenvalue weighted by atomic mass is 35.5. The maximum atomic E-state index is 14.3. The summed E-state index contributed by atoms with van der Waals surface area (Å²) in [6.07, 6.45) is 7.16. The lowest BCUT2D eigenvalue weighted by molar-refractivity contribution is -0.255. The van der Waals surface area contributed by atoms with Crippen molar-refractivity contribution in [3.63, 3.8) is 0 Å². The molecule has 1 unspecified atom stereocenters. The highest BCUT2D eigenvalue weighted by Gasteiger charge is 2.63. The molecular weight excluding hydrogens is 562 g/mol. The van der Waals surface area contributed by atoms with Gasteiger partial charge >= 0.3 is 6.09 Å². The number of fused-ring (bicyclic) bond motifs is 1. The second-order valence-corrected chi connectivity index (χ2v) is 13.1. The Morgan fingerprint density at radius 1 is 1.17 bits per heavy atom. The summed E-state index contributed by atoms with van der Waals surface area (Å²) in [6, 6.07) is 1.35. The molecule has 1 amide bonds. The Bertz CT molecular complexity index is 1230. The van der Waals surface area contributed by atoms with E-state index in [1.54, 1.807) is 17.0 Å². The largest absolute Gasteiger partial charge is 0.444 e. The molecule has 2 saturated heterocycles. The minimum atomic E-state index is -0.925. The lowest BCUT2D eigenvalue weighted by atomic mass is 9.57. The number of aromatic nitrogens is 2. The van der Waals surface area contributed by atoms with Gasteiger partial charge in [0.2, 0.25) is 0 Å². The van der Waals surface area contributed by atoms with Crippen molar-refractivity contribution in [1.82, 2.24) is 14.9 Å². The van der Waals surface area contributed by atoms with Crippen LogP contribution in [0.4, 0.5) is 10.6 Å². The number of hydrogen-bond acceptors (Lipinski definition) is 10. The zero-order valence-corrected chi connectivity index (χ0v) is 25.6. The van der Waals surface area contributed by atoms with Crippen molar-refractivity contribution in [3.8, 4) is 0 Å². The van der Waals surface area contributed by atoms with Crippen LogP contribution in [-0.2, 0) is 19.0 Å². The Labute approximate surface area is 252 Å². The van der Waals surface area contributed by atoms with Gasteiger partial charge in [-0.05, 0) is 52.9 Å². The molecule has 4 fully saturated rings. The number of Topliss-reactive ketones (excluding diaryl/α,β-unsaturated/α-hetero) is 1. The Balaban J connectivity index is 1.42. The van der Waals surface area contributed by atoms with E-state index in [4.69, 9.17) is 30.8 Å². The first-order valence-corrected chi connectivity index (χ1v) is 15.4. The van der Waals surface area contributed by atoms with Gasteiger partial charge in [-0.25, -0.2) is 14.8 Å². The second-order valence-electron chi connectivity index (χ2n) is 12.7. The number of rotatable bonds is 4. The first-order chi connectivity index (χ1) is 20.0. The quantitative estimate of drug-likeness (QED) is 0.167. The maximum Gasteiger partial charge on any atom is 0.410 e. The van der Waals surface area contributed by atoms with E-state index in [-0.39, 0.29) is 34.6 Å². The van der Waals surface area contributed by atoms with Crippen molar-refractivity contribution in [3.05, 3.63) is 29.7 Å². The van der Waals surface area contributed by atoms with E-state index in [0.29, 0.717) is 70.8 Å². The summed E-state index contributed by atoms with van der Waals surface area (Å²) in [5.74, 6) is -1.09. The number of oxime groups is 1. The van der Waals surface area contributed by atoms with Gasteiger partial charge in [-0.2, -0.15) is 0 Å². The van der Waals surface area contributed by atoms with E-state index in [9.17, 15) is 14.8 Å². The number of nitrogens with zero attached hydrogens (tertiary/aromatic N) is 5. The molecule has 2 aliphatic heterocycles. The molecule has 0 radical (unpaired) electrons. The van der Waals surface area contributed by atoms with E-state index in [1.165, 1.54) is 0 Å². The predicted molar refractivity (Wildman–Crippen MR) is 157 cm³/mol. The number of anilines is 1. The van der Waals surface area contributed by atoms with E-state index in [1.807, 2.05) is 25.7 Å². The van der Waals surface area contributed by atoms with Crippen molar-refractivity contribution in [2.75, 3.05) is 37.7 Å². The molecule has 1 aromatic rings. The second kappa shape index (κ2) is 12.1. The first kappa shape index (κ1) is 30.7. The van der Waals surface area contributed by atoms with Crippen LogP contribution in [0.1, 0.15) is 78.0 Å². The first-order valence-electron chi connectivity index (χ1n) is 15.0. The van der Waals surface area contributed by atoms with Gasteiger partial charge in [0.05, 0.1) is 30.6 Å². The van der Waals surface area contributed by atoms with Gasteiger partial charge in [0, 0.05) is 32.1 Å². The highest BCUT2D eigenvalue weighted by molar-refractivity contribution is 6.30. The fourth-order valence-electron chi connectivity index (χ4n) is 7.10. The van der Waals surface area contributed by atoms with Crippen molar-refractivity contribution in [2.24, 2.45) is 16.5 Å². The van der Waals surface area contributed by atoms with Gasteiger partial charge < -0.3 is 29.2 Å². The average Bonchev–Trinajstić information content (AvgIpc) is 3.30. The number of hydrogen-bond donors (Lipinski definition) is 1. The molecule has 3 heterocycles. The summed E-state index contributed by atoms with van der Waals surface area (Å²) in [5, 5.41) is 14.0. The average molecular weight is 604 g/mol. The normalized spacial score (nSPS) is 28.7. The summed E-state index contributed by atoms with van der Waals surface area (Å²) in [5.41, 5.74) is -1.31. The van der Waals surface area contributed by atoms with Crippen LogP contribution in [0, 0.1) is 11.3 Å². The zero-order valence-electron chi connectivity index (χ0n) is 24.8. The van der Waals surface area contributed by atoms with Crippen molar-refractivity contribution in [1.29, 1.82) is 0 Å². The number of amides is 1. The van der Waals surface area contributed by atoms with Gasteiger partial charge in [-0.15, -0.1) is 6.58 Å². The minimum absolute atomic E-state index is 0.0416. The fraction of sp³-hybridized carbons (Fsp3) is 0.700. The summed E-state index contributed by atoms with van der Waals surface area (Å²) in [7, 11) is 0. The van der Waals surface area contributed by atoms with Crippen LogP contribution < -0.4 is 4.90 Å². The van der Waals surface area contributed by atoms with Crippen molar-refractivity contribution in [2.45, 2.75) is 89.6 Å². The van der Waals surface area contributed by atoms with Crippen LogP contribution in [0.25, 0.3) is 0 Å². The lowest BCUT2D eigenvalue weighted by Crippen LogP contribution is -2.60. The molecule has 1 N–H and O–H groups in total. The molecule has 3 atom stereocenters. The molecule has 2 saturated carbocycles. The van der Waals surface area contributed by atoms with Crippen LogP contribution in [0.5, 0.6) is 0 Å². The Kier molecular flexibility index (Phi) is 8.83. The van der Waals surface area contributed by atoms with Gasteiger partial charge in [0.15, 0.2) is 17.4 Å². The predicted octanol–water partition coefficient (Wildman–Crippen LogP) is 4.98. The summed E-state index contributed by atoms with van der Waals surface area (Å²) in [6.45, 7) is 11.9. The maximum absolute atomic E-state index is 14.3. The van der Waals surface area contributed by atoms with Gasteiger partial charge in [0.1, 0.15) is 22.3 Å². The molecule has 1 aromatic heterocycles. The third-order valence-corrected chi connectivity index (χ3v) is 9.12. The molecule has 0 aromatic carbocycles. The molecule has 5 rings (SSSR count).